The lowest BCUT2D eigenvalue weighted by molar-refractivity contribution is 0.102. The van der Waals surface area contributed by atoms with E-state index in [2.05, 4.69) is 5.32 Å². The summed E-state index contributed by atoms with van der Waals surface area (Å²) in [4.78, 5) is 23.4. The fourth-order valence-corrected chi connectivity index (χ4v) is 1.79. The van der Waals surface area contributed by atoms with Crippen molar-refractivity contribution in [3.05, 3.63) is 63.6 Å². The number of benzene rings is 1. The van der Waals surface area contributed by atoms with Gasteiger partial charge in [0.1, 0.15) is 0 Å². The molecule has 4 nitrogen and oxygen atoms in total. The van der Waals surface area contributed by atoms with Crippen molar-refractivity contribution in [3.8, 4) is 0 Å². The highest BCUT2D eigenvalue weighted by atomic mass is 16.2. The minimum absolute atomic E-state index is 0.136. The van der Waals surface area contributed by atoms with Crippen LogP contribution in [0, 0.1) is 13.8 Å². The van der Waals surface area contributed by atoms with Crippen LogP contribution < -0.4 is 10.9 Å². The first-order valence-corrected chi connectivity index (χ1v) is 6.02. The molecule has 0 saturated carbocycles. The van der Waals surface area contributed by atoms with Crippen molar-refractivity contribution in [2.24, 2.45) is 7.05 Å². The van der Waals surface area contributed by atoms with Gasteiger partial charge in [0.15, 0.2) is 0 Å². The molecule has 0 aliphatic carbocycles. The van der Waals surface area contributed by atoms with Gasteiger partial charge >= 0.3 is 0 Å². The van der Waals surface area contributed by atoms with Gasteiger partial charge < -0.3 is 9.88 Å². The lowest BCUT2D eigenvalue weighted by Gasteiger charge is -2.09. The van der Waals surface area contributed by atoms with Crippen molar-refractivity contribution in [2.75, 3.05) is 5.32 Å². The fraction of sp³-hybridized carbons (Fsp3) is 0.200. The molecule has 0 radical (unpaired) electrons. The molecule has 1 amide bonds. The van der Waals surface area contributed by atoms with Crippen LogP contribution in [0.4, 0.5) is 5.69 Å². The van der Waals surface area contributed by atoms with Crippen LogP contribution in [0.1, 0.15) is 21.5 Å². The summed E-state index contributed by atoms with van der Waals surface area (Å²) in [5, 5.41) is 2.86. The van der Waals surface area contributed by atoms with Gasteiger partial charge in [-0.1, -0.05) is 12.1 Å². The molecule has 0 saturated heterocycles. The minimum Gasteiger partial charge on any atom is -0.322 e. The molecule has 2 rings (SSSR count). The van der Waals surface area contributed by atoms with E-state index in [0.29, 0.717) is 5.56 Å². The molecule has 0 atom stereocenters. The maximum absolute atomic E-state index is 12.1. The molecule has 98 valence electrons. The molecule has 2 aromatic rings. The largest absolute Gasteiger partial charge is 0.322 e. The van der Waals surface area contributed by atoms with Crippen molar-refractivity contribution in [3.63, 3.8) is 0 Å². The van der Waals surface area contributed by atoms with E-state index in [1.165, 1.54) is 22.9 Å². The second-order valence-corrected chi connectivity index (χ2v) is 4.64. The Bertz CT molecular complexity index is 687. The zero-order chi connectivity index (χ0) is 14.0. The van der Waals surface area contributed by atoms with E-state index in [1.807, 2.05) is 32.0 Å². The Morgan fingerprint density at radius 2 is 1.89 bits per heavy atom. The van der Waals surface area contributed by atoms with Gasteiger partial charge in [-0.15, -0.1) is 0 Å². The molecule has 0 spiro atoms. The van der Waals surface area contributed by atoms with Gasteiger partial charge in [-0.3, -0.25) is 9.59 Å². The third kappa shape index (κ3) is 2.91. The molecule has 1 N–H and O–H groups in total. The highest BCUT2D eigenvalue weighted by Crippen LogP contribution is 2.17. The maximum Gasteiger partial charge on any atom is 0.257 e. The summed E-state index contributed by atoms with van der Waals surface area (Å²) in [6.45, 7) is 3.91. The van der Waals surface area contributed by atoms with Crippen LogP contribution >= 0.6 is 0 Å². The Balaban J connectivity index is 2.28. The Morgan fingerprint density at radius 3 is 2.58 bits per heavy atom. The number of carbonyl (C=O) groups excluding carboxylic acids is 1. The van der Waals surface area contributed by atoms with Crippen molar-refractivity contribution in [1.82, 2.24) is 4.57 Å². The molecule has 0 aliphatic rings. The van der Waals surface area contributed by atoms with Crippen LogP contribution in [0.5, 0.6) is 0 Å². The number of rotatable bonds is 2. The molecule has 0 unspecified atom stereocenters. The Kier molecular flexibility index (Phi) is 3.51. The second kappa shape index (κ2) is 5.10. The first-order valence-electron chi connectivity index (χ1n) is 6.02. The number of amides is 1. The first kappa shape index (κ1) is 13.1. The normalized spacial score (nSPS) is 10.3. The zero-order valence-corrected chi connectivity index (χ0v) is 11.2. The van der Waals surface area contributed by atoms with E-state index in [-0.39, 0.29) is 11.5 Å². The summed E-state index contributed by atoms with van der Waals surface area (Å²) in [7, 11) is 1.62. The van der Waals surface area contributed by atoms with E-state index in [1.54, 1.807) is 7.05 Å². The third-order valence-corrected chi connectivity index (χ3v) is 2.99. The fourth-order valence-electron chi connectivity index (χ4n) is 1.79. The quantitative estimate of drug-likeness (QED) is 0.896. The average Bonchev–Trinajstić information content (AvgIpc) is 2.37. The average molecular weight is 256 g/mol. The molecule has 1 aromatic carbocycles. The number of pyridine rings is 1. The van der Waals surface area contributed by atoms with Crippen LogP contribution in [0.3, 0.4) is 0 Å². The second-order valence-electron chi connectivity index (χ2n) is 4.64. The molecule has 0 bridgehead atoms. The van der Waals surface area contributed by atoms with E-state index in [0.717, 1.165) is 16.8 Å². The van der Waals surface area contributed by atoms with Gasteiger partial charge in [0.25, 0.3) is 5.91 Å². The maximum atomic E-state index is 12.1. The summed E-state index contributed by atoms with van der Waals surface area (Å²) < 4.78 is 1.39. The number of anilines is 1. The number of aryl methyl sites for hydroxylation is 3. The number of aromatic nitrogens is 1. The standard InChI is InChI=1S/C15H16N2O2/c1-10-4-5-11(2)13(8-10)16-15(19)12-6-7-14(18)17(3)9-12/h4-9H,1-3H3,(H,16,19). The zero-order valence-electron chi connectivity index (χ0n) is 11.2. The molecule has 1 aromatic heterocycles. The smallest absolute Gasteiger partial charge is 0.257 e. The molecule has 0 aliphatic heterocycles. The van der Waals surface area contributed by atoms with Gasteiger partial charge in [0, 0.05) is 25.0 Å². The Morgan fingerprint density at radius 1 is 1.16 bits per heavy atom. The topological polar surface area (TPSA) is 51.1 Å². The van der Waals surface area contributed by atoms with Crippen molar-refractivity contribution < 1.29 is 4.79 Å². The summed E-state index contributed by atoms with van der Waals surface area (Å²) in [5.74, 6) is -0.218. The van der Waals surface area contributed by atoms with Gasteiger partial charge in [-0.25, -0.2) is 0 Å². The lowest BCUT2D eigenvalue weighted by atomic mass is 10.1. The molecular weight excluding hydrogens is 240 g/mol. The Labute approximate surface area is 111 Å². The summed E-state index contributed by atoms with van der Waals surface area (Å²) in [5.41, 5.74) is 3.20. The van der Waals surface area contributed by atoms with E-state index in [9.17, 15) is 9.59 Å². The number of hydrogen-bond donors (Lipinski definition) is 1. The molecular formula is C15H16N2O2. The highest BCUT2D eigenvalue weighted by Gasteiger charge is 2.08. The van der Waals surface area contributed by atoms with E-state index in [4.69, 9.17) is 0 Å². The van der Waals surface area contributed by atoms with Crippen LogP contribution in [0.2, 0.25) is 0 Å². The number of nitrogens with one attached hydrogen (secondary N) is 1. The van der Waals surface area contributed by atoms with Gasteiger partial charge in [0.2, 0.25) is 5.56 Å². The molecule has 1 heterocycles. The number of hydrogen-bond acceptors (Lipinski definition) is 2. The monoisotopic (exact) mass is 256 g/mol. The van der Waals surface area contributed by atoms with E-state index < -0.39 is 0 Å². The van der Waals surface area contributed by atoms with Crippen LogP contribution in [0.25, 0.3) is 0 Å². The molecule has 19 heavy (non-hydrogen) atoms. The Hall–Kier alpha value is -2.36. The van der Waals surface area contributed by atoms with Crippen molar-refractivity contribution in [2.45, 2.75) is 13.8 Å². The summed E-state index contributed by atoms with van der Waals surface area (Å²) in [6.07, 6.45) is 1.53. The van der Waals surface area contributed by atoms with Crippen LogP contribution in [0.15, 0.2) is 41.3 Å². The predicted octanol–water partition coefficient (Wildman–Crippen LogP) is 2.25. The minimum atomic E-state index is -0.218. The predicted molar refractivity (Wildman–Crippen MR) is 75.6 cm³/mol. The SMILES string of the molecule is Cc1ccc(C)c(NC(=O)c2ccc(=O)n(C)c2)c1. The number of nitrogens with zero attached hydrogens (tertiary/aromatic N) is 1. The number of carbonyl (C=O) groups is 1. The van der Waals surface area contributed by atoms with Crippen molar-refractivity contribution in [1.29, 1.82) is 0 Å². The van der Waals surface area contributed by atoms with E-state index >= 15 is 0 Å². The lowest BCUT2D eigenvalue weighted by Crippen LogP contribution is -2.19. The molecule has 4 heteroatoms. The summed E-state index contributed by atoms with van der Waals surface area (Å²) in [6, 6.07) is 8.80. The third-order valence-electron chi connectivity index (χ3n) is 2.99. The first-order chi connectivity index (χ1) is 8.97. The van der Waals surface area contributed by atoms with Crippen LogP contribution in [-0.2, 0) is 7.05 Å². The van der Waals surface area contributed by atoms with Gasteiger partial charge in [-0.2, -0.15) is 0 Å². The van der Waals surface area contributed by atoms with Gasteiger partial charge in [0.05, 0.1) is 5.56 Å². The molecule has 0 fully saturated rings. The van der Waals surface area contributed by atoms with Crippen LogP contribution in [-0.4, -0.2) is 10.5 Å². The van der Waals surface area contributed by atoms with Crippen molar-refractivity contribution >= 4 is 11.6 Å². The van der Waals surface area contributed by atoms with Gasteiger partial charge in [-0.05, 0) is 37.1 Å². The highest BCUT2D eigenvalue weighted by molar-refractivity contribution is 6.04. The summed E-state index contributed by atoms with van der Waals surface area (Å²) >= 11 is 0.